The molecule has 1 heterocycles. The van der Waals surface area contributed by atoms with Gasteiger partial charge in [-0.05, 0) is 6.42 Å². The van der Waals surface area contributed by atoms with Crippen LogP contribution in [-0.2, 0) is 0 Å². The van der Waals surface area contributed by atoms with E-state index in [0.717, 1.165) is 13.0 Å². The summed E-state index contributed by atoms with van der Waals surface area (Å²) >= 11 is 0. The molecule has 0 saturated carbocycles. The summed E-state index contributed by atoms with van der Waals surface area (Å²) in [5, 5.41) is 0. The molecule has 0 aliphatic heterocycles. The Balaban J connectivity index is 1.79. The van der Waals surface area contributed by atoms with Crippen LogP contribution in [0.1, 0.15) is 96.8 Å². The molecule has 150 valence electrons. The predicted octanol–water partition coefficient (Wildman–Crippen LogP) is 4.43. The molecule has 7 heteroatoms. The van der Waals surface area contributed by atoms with Crippen molar-refractivity contribution in [1.29, 1.82) is 0 Å². The number of rotatable bonds is 17. The molecule has 0 aromatic carbocycles. The van der Waals surface area contributed by atoms with Crippen LogP contribution in [-0.4, -0.2) is 21.5 Å². The summed E-state index contributed by atoms with van der Waals surface area (Å²) < 4.78 is 0. The molecule has 0 fully saturated rings. The molecule has 1 aromatic heterocycles. The standard InChI is InChI=1S/C19H39N7/c1-2-3-4-5-6-7-8-9-10-11-12-13-14-15-16-22-26-19-24-17(20)23-18(21)25-19/h22H,2-16H2,1H3,(H5,20,21,23,24,25,26). The predicted molar refractivity (Wildman–Crippen MR) is 111 cm³/mol. The van der Waals surface area contributed by atoms with E-state index in [-0.39, 0.29) is 11.9 Å². The van der Waals surface area contributed by atoms with Gasteiger partial charge in [-0.1, -0.05) is 90.4 Å². The van der Waals surface area contributed by atoms with Gasteiger partial charge < -0.3 is 11.5 Å². The van der Waals surface area contributed by atoms with Crippen molar-refractivity contribution in [3.05, 3.63) is 0 Å². The number of aromatic nitrogens is 3. The normalized spacial score (nSPS) is 11.0. The Bertz CT molecular complexity index is 433. The molecule has 1 aromatic rings. The summed E-state index contributed by atoms with van der Waals surface area (Å²) in [6, 6.07) is 0. The van der Waals surface area contributed by atoms with Crippen molar-refractivity contribution in [3.63, 3.8) is 0 Å². The quantitative estimate of drug-likeness (QED) is 0.238. The van der Waals surface area contributed by atoms with Crippen molar-refractivity contribution in [2.24, 2.45) is 0 Å². The van der Waals surface area contributed by atoms with Crippen LogP contribution in [0.4, 0.5) is 17.8 Å². The number of unbranched alkanes of at least 4 members (excludes halogenated alkanes) is 13. The first-order valence-corrected chi connectivity index (χ1v) is 10.5. The van der Waals surface area contributed by atoms with Crippen LogP contribution in [0.3, 0.4) is 0 Å². The summed E-state index contributed by atoms with van der Waals surface area (Å²) in [5.74, 6) is 0.608. The first-order chi connectivity index (χ1) is 12.7. The van der Waals surface area contributed by atoms with Gasteiger partial charge in [0.2, 0.25) is 17.8 Å². The Kier molecular flexibility index (Phi) is 13.5. The molecule has 0 aliphatic carbocycles. The first-order valence-electron chi connectivity index (χ1n) is 10.5. The van der Waals surface area contributed by atoms with Crippen molar-refractivity contribution < 1.29 is 0 Å². The summed E-state index contributed by atoms with van der Waals surface area (Å²) in [7, 11) is 0. The van der Waals surface area contributed by atoms with Gasteiger partial charge in [0.1, 0.15) is 0 Å². The lowest BCUT2D eigenvalue weighted by Gasteiger charge is -2.07. The number of hydrogen-bond acceptors (Lipinski definition) is 7. The highest BCUT2D eigenvalue weighted by Crippen LogP contribution is 2.12. The monoisotopic (exact) mass is 365 g/mol. The zero-order valence-corrected chi connectivity index (χ0v) is 16.6. The number of hydrogen-bond donors (Lipinski definition) is 4. The van der Waals surface area contributed by atoms with Gasteiger partial charge in [-0.2, -0.15) is 15.0 Å². The van der Waals surface area contributed by atoms with Gasteiger partial charge >= 0.3 is 0 Å². The molecular formula is C19H39N7. The number of anilines is 3. The molecule has 26 heavy (non-hydrogen) atoms. The number of nitrogen functional groups attached to an aromatic ring is 2. The van der Waals surface area contributed by atoms with Gasteiger partial charge in [0.05, 0.1) is 0 Å². The molecule has 0 radical (unpaired) electrons. The lowest BCUT2D eigenvalue weighted by atomic mass is 10.0. The zero-order chi connectivity index (χ0) is 18.9. The second-order valence-corrected chi connectivity index (χ2v) is 7.02. The largest absolute Gasteiger partial charge is 0.368 e. The Labute approximate surface area is 159 Å². The Hall–Kier alpha value is -1.63. The maximum atomic E-state index is 5.51. The molecule has 0 bridgehead atoms. The van der Waals surface area contributed by atoms with E-state index < -0.39 is 0 Å². The molecular weight excluding hydrogens is 326 g/mol. The van der Waals surface area contributed by atoms with E-state index in [1.807, 2.05) is 0 Å². The van der Waals surface area contributed by atoms with E-state index >= 15 is 0 Å². The second-order valence-electron chi connectivity index (χ2n) is 7.02. The minimum atomic E-state index is 0.123. The van der Waals surface area contributed by atoms with Gasteiger partial charge in [-0.15, -0.1) is 0 Å². The van der Waals surface area contributed by atoms with Crippen LogP contribution in [0.25, 0.3) is 0 Å². The highest BCUT2D eigenvalue weighted by atomic mass is 15.4. The van der Waals surface area contributed by atoms with E-state index in [1.54, 1.807) is 0 Å². The van der Waals surface area contributed by atoms with E-state index in [2.05, 4.69) is 32.7 Å². The molecule has 6 N–H and O–H groups in total. The Morgan fingerprint density at radius 2 is 1.04 bits per heavy atom. The molecule has 0 atom stereocenters. The third-order valence-electron chi connectivity index (χ3n) is 4.53. The van der Waals surface area contributed by atoms with Gasteiger partial charge in [0.25, 0.3) is 0 Å². The van der Waals surface area contributed by atoms with Crippen LogP contribution in [0.15, 0.2) is 0 Å². The SMILES string of the molecule is CCCCCCCCCCCCCCCCNNc1nc(N)nc(N)n1. The van der Waals surface area contributed by atoms with Gasteiger partial charge in [-0.3, -0.25) is 5.43 Å². The average Bonchev–Trinajstić information content (AvgIpc) is 2.60. The third-order valence-corrected chi connectivity index (χ3v) is 4.53. The van der Waals surface area contributed by atoms with Crippen molar-refractivity contribution in [1.82, 2.24) is 20.4 Å². The highest BCUT2D eigenvalue weighted by molar-refractivity contribution is 5.36. The summed E-state index contributed by atoms with van der Waals surface area (Å²) in [4.78, 5) is 11.6. The third kappa shape index (κ3) is 12.7. The van der Waals surface area contributed by atoms with Crippen LogP contribution in [0, 0.1) is 0 Å². The lowest BCUT2D eigenvalue weighted by molar-refractivity contribution is 0.533. The molecule has 0 saturated heterocycles. The molecule has 7 nitrogen and oxygen atoms in total. The van der Waals surface area contributed by atoms with Crippen LogP contribution in [0.5, 0.6) is 0 Å². The van der Waals surface area contributed by atoms with Crippen molar-refractivity contribution in [2.75, 3.05) is 23.4 Å². The number of hydrazine groups is 1. The molecule has 0 amide bonds. The smallest absolute Gasteiger partial charge is 0.243 e. The average molecular weight is 366 g/mol. The van der Waals surface area contributed by atoms with E-state index in [1.165, 1.54) is 83.5 Å². The van der Waals surface area contributed by atoms with E-state index in [4.69, 9.17) is 11.5 Å². The van der Waals surface area contributed by atoms with Gasteiger partial charge in [0.15, 0.2) is 0 Å². The summed E-state index contributed by atoms with van der Waals surface area (Å²) in [6.45, 7) is 3.14. The van der Waals surface area contributed by atoms with Crippen LogP contribution in [0.2, 0.25) is 0 Å². The molecule has 0 unspecified atom stereocenters. The van der Waals surface area contributed by atoms with Gasteiger partial charge in [0, 0.05) is 6.54 Å². The summed E-state index contributed by atoms with van der Waals surface area (Å²) in [5.41, 5.74) is 17.0. The van der Waals surface area contributed by atoms with E-state index in [0.29, 0.717) is 5.95 Å². The second kappa shape index (κ2) is 15.6. The first kappa shape index (κ1) is 22.4. The Morgan fingerprint density at radius 1 is 0.615 bits per heavy atom. The fourth-order valence-corrected chi connectivity index (χ4v) is 3.01. The highest BCUT2D eigenvalue weighted by Gasteiger charge is 2.00. The minimum absolute atomic E-state index is 0.123. The van der Waals surface area contributed by atoms with Crippen LogP contribution < -0.4 is 22.3 Å². The maximum Gasteiger partial charge on any atom is 0.243 e. The molecule has 0 spiro atoms. The molecule has 0 aliphatic rings. The van der Waals surface area contributed by atoms with Crippen molar-refractivity contribution in [3.8, 4) is 0 Å². The maximum absolute atomic E-state index is 5.51. The Morgan fingerprint density at radius 3 is 1.50 bits per heavy atom. The van der Waals surface area contributed by atoms with Crippen molar-refractivity contribution >= 4 is 17.8 Å². The lowest BCUT2D eigenvalue weighted by Crippen LogP contribution is -2.24. The van der Waals surface area contributed by atoms with Crippen LogP contribution >= 0.6 is 0 Å². The number of nitrogens with zero attached hydrogens (tertiary/aromatic N) is 3. The topological polar surface area (TPSA) is 115 Å². The summed E-state index contributed by atoms with van der Waals surface area (Å²) in [6.07, 6.45) is 19.1. The van der Waals surface area contributed by atoms with Crippen molar-refractivity contribution in [2.45, 2.75) is 96.8 Å². The van der Waals surface area contributed by atoms with Gasteiger partial charge in [-0.25, -0.2) is 5.43 Å². The fourth-order valence-electron chi connectivity index (χ4n) is 3.01. The number of nitrogens with one attached hydrogen (secondary N) is 2. The fraction of sp³-hybridized carbons (Fsp3) is 0.842. The minimum Gasteiger partial charge on any atom is -0.368 e. The van der Waals surface area contributed by atoms with E-state index in [9.17, 15) is 0 Å². The number of nitrogens with two attached hydrogens (primary N) is 2. The zero-order valence-electron chi connectivity index (χ0n) is 16.6. The molecule has 1 rings (SSSR count).